The fourth-order valence-electron chi connectivity index (χ4n) is 0.240. The topological polar surface area (TPSA) is 29.5 Å². The van der Waals surface area contributed by atoms with E-state index in [1.54, 1.807) is 0 Å². The Morgan fingerprint density at radius 1 is 1.33 bits per heavy atom. The van der Waals surface area contributed by atoms with Gasteiger partial charge in [-0.05, 0) is 6.92 Å². The monoisotopic (exact) mass is 152 g/mol. The number of hydrogen-bond acceptors (Lipinski definition) is 2. The largest absolute Gasteiger partial charge is 0.350 e. The Kier molecular flexibility index (Phi) is 15.0. The summed E-state index contributed by atoms with van der Waals surface area (Å²) in [4.78, 5) is 8.70. The second kappa shape index (κ2) is 11.2. The predicted molar refractivity (Wildman–Crippen MR) is 42.7 cm³/mol. The first-order valence-electron chi connectivity index (χ1n) is 3.40. The van der Waals surface area contributed by atoms with Gasteiger partial charge >= 0.3 is 0 Å². The highest BCUT2D eigenvalue weighted by Gasteiger charge is 1.95. The highest BCUT2D eigenvalue weighted by atomic mass is 31.2. The number of rotatable bonds is 3. The fraction of sp³-hybridized carbons (Fsp3) is 1.00. The molecule has 0 spiro atoms. The first-order valence-corrected chi connectivity index (χ1v) is 4.80. The van der Waals surface area contributed by atoms with Gasteiger partial charge in [0.1, 0.15) is 0 Å². The molecule has 0 heterocycles. The molecule has 0 fully saturated rings. The molecule has 0 saturated carbocycles. The summed E-state index contributed by atoms with van der Waals surface area (Å²) in [7, 11) is -1.08. The van der Waals surface area contributed by atoms with Gasteiger partial charge in [-0.2, -0.15) is 0 Å². The van der Waals surface area contributed by atoms with Gasteiger partial charge < -0.3 is 9.42 Å². The lowest BCUT2D eigenvalue weighted by molar-refractivity contribution is 0.330. The molecule has 0 rings (SSSR count). The summed E-state index contributed by atoms with van der Waals surface area (Å²) in [6.07, 6.45) is 0.739. The Balaban J connectivity index is 0. The Bertz CT molecular complexity index is 42.0. The third-order valence-electron chi connectivity index (χ3n) is 0.549. The van der Waals surface area contributed by atoms with Crippen LogP contribution in [0.5, 0.6) is 0 Å². The van der Waals surface area contributed by atoms with Crippen molar-refractivity contribution >= 4 is 8.38 Å². The Hall–Kier alpha value is 0.350. The molecule has 0 aromatic carbocycles. The van der Waals surface area contributed by atoms with Gasteiger partial charge in [-0.25, -0.2) is 0 Å². The van der Waals surface area contributed by atoms with E-state index < -0.39 is 8.38 Å². The lowest BCUT2D eigenvalue weighted by Gasteiger charge is -2.03. The van der Waals surface area contributed by atoms with Gasteiger partial charge in [0.15, 0.2) is 8.38 Å². The SMILES string of the molecule is CC.CCOP(O)CC. The average molecular weight is 152 g/mol. The molecule has 58 valence electrons. The van der Waals surface area contributed by atoms with Crippen molar-refractivity contribution < 1.29 is 9.42 Å². The van der Waals surface area contributed by atoms with Crippen LogP contribution in [0.1, 0.15) is 27.7 Å². The van der Waals surface area contributed by atoms with E-state index in [2.05, 4.69) is 0 Å². The zero-order chi connectivity index (χ0) is 7.70. The summed E-state index contributed by atoms with van der Waals surface area (Å²) >= 11 is 0. The van der Waals surface area contributed by atoms with Crippen molar-refractivity contribution in [2.24, 2.45) is 0 Å². The molecule has 0 aromatic rings. The smallest absolute Gasteiger partial charge is 0.167 e. The molecule has 0 amide bonds. The van der Waals surface area contributed by atoms with Crippen LogP contribution < -0.4 is 0 Å². The third kappa shape index (κ3) is 11.8. The van der Waals surface area contributed by atoms with Crippen molar-refractivity contribution in [2.45, 2.75) is 27.7 Å². The van der Waals surface area contributed by atoms with Crippen molar-refractivity contribution in [3.8, 4) is 0 Å². The van der Waals surface area contributed by atoms with Crippen molar-refractivity contribution in [1.82, 2.24) is 0 Å². The van der Waals surface area contributed by atoms with Crippen LogP contribution in [-0.4, -0.2) is 17.7 Å². The molecule has 1 N–H and O–H groups in total. The van der Waals surface area contributed by atoms with E-state index in [4.69, 9.17) is 9.42 Å². The maximum absolute atomic E-state index is 8.70. The normalized spacial score (nSPS) is 11.7. The van der Waals surface area contributed by atoms with Gasteiger partial charge in [0, 0.05) is 6.16 Å². The Labute approximate surface area is 59.2 Å². The summed E-state index contributed by atoms with van der Waals surface area (Å²) in [5.74, 6) is 0. The van der Waals surface area contributed by atoms with E-state index >= 15 is 0 Å². The third-order valence-corrected chi connectivity index (χ3v) is 1.65. The quantitative estimate of drug-likeness (QED) is 0.629. The summed E-state index contributed by atoms with van der Waals surface area (Å²) in [5.41, 5.74) is 0. The maximum Gasteiger partial charge on any atom is 0.167 e. The first kappa shape index (κ1) is 12.1. The van der Waals surface area contributed by atoms with E-state index in [1.165, 1.54) is 0 Å². The van der Waals surface area contributed by atoms with E-state index in [9.17, 15) is 0 Å². The minimum atomic E-state index is -1.08. The van der Waals surface area contributed by atoms with E-state index in [0.29, 0.717) is 6.61 Å². The van der Waals surface area contributed by atoms with E-state index in [0.717, 1.165) is 6.16 Å². The predicted octanol–water partition coefficient (Wildman–Crippen LogP) is 2.37. The molecule has 2 nitrogen and oxygen atoms in total. The second-order valence-electron chi connectivity index (χ2n) is 1.09. The molecule has 9 heavy (non-hydrogen) atoms. The molecule has 0 aliphatic carbocycles. The van der Waals surface area contributed by atoms with Crippen molar-refractivity contribution in [3.63, 3.8) is 0 Å². The highest BCUT2D eigenvalue weighted by Crippen LogP contribution is 2.29. The van der Waals surface area contributed by atoms with Crippen LogP contribution in [-0.2, 0) is 4.52 Å². The molecule has 0 aliphatic heterocycles. The zero-order valence-corrected chi connectivity index (χ0v) is 7.61. The van der Waals surface area contributed by atoms with E-state index in [1.807, 2.05) is 27.7 Å². The molecule has 1 unspecified atom stereocenters. The Morgan fingerprint density at radius 2 is 1.78 bits per heavy atom. The lowest BCUT2D eigenvalue weighted by atomic mass is 10.9. The van der Waals surface area contributed by atoms with Gasteiger partial charge in [0.2, 0.25) is 0 Å². The molecule has 1 atom stereocenters. The number of hydrogen-bond donors (Lipinski definition) is 1. The van der Waals surface area contributed by atoms with Crippen molar-refractivity contribution in [3.05, 3.63) is 0 Å². The molecule has 0 radical (unpaired) electrons. The van der Waals surface area contributed by atoms with Crippen molar-refractivity contribution in [2.75, 3.05) is 12.8 Å². The van der Waals surface area contributed by atoms with Crippen LogP contribution in [0.4, 0.5) is 0 Å². The summed E-state index contributed by atoms with van der Waals surface area (Å²) < 4.78 is 4.81. The lowest BCUT2D eigenvalue weighted by Crippen LogP contribution is -1.83. The van der Waals surface area contributed by atoms with Crippen LogP contribution in [0.2, 0.25) is 0 Å². The summed E-state index contributed by atoms with van der Waals surface area (Å²) in [6, 6.07) is 0. The van der Waals surface area contributed by atoms with Crippen LogP contribution in [0.25, 0.3) is 0 Å². The molecule has 0 aliphatic rings. The molecule has 0 aromatic heterocycles. The minimum Gasteiger partial charge on any atom is -0.350 e. The molecule has 0 saturated heterocycles. The molecule has 0 bridgehead atoms. The van der Waals surface area contributed by atoms with Gasteiger partial charge in [-0.3, -0.25) is 0 Å². The molecular formula is C6H17O2P. The standard InChI is InChI=1S/C4H11O2P.C2H6/c1-3-6-7(5)4-2;1-2/h5H,3-4H2,1-2H3;1-2H3. The average Bonchev–Trinajstić information content (AvgIpc) is 1.93. The van der Waals surface area contributed by atoms with Gasteiger partial charge in [0.25, 0.3) is 0 Å². The maximum atomic E-state index is 8.70. The fourth-order valence-corrected chi connectivity index (χ4v) is 0.721. The summed E-state index contributed by atoms with van der Waals surface area (Å²) in [6.45, 7) is 8.40. The zero-order valence-electron chi connectivity index (χ0n) is 6.72. The van der Waals surface area contributed by atoms with Crippen LogP contribution in [0.15, 0.2) is 0 Å². The van der Waals surface area contributed by atoms with Crippen LogP contribution in [0.3, 0.4) is 0 Å². The minimum absolute atomic E-state index is 0.621. The van der Waals surface area contributed by atoms with E-state index in [-0.39, 0.29) is 0 Å². The Morgan fingerprint density at radius 3 is 1.89 bits per heavy atom. The van der Waals surface area contributed by atoms with Gasteiger partial charge in [0.05, 0.1) is 6.61 Å². The van der Waals surface area contributed by atoms with Crippen LogP contribution >= 0.6 is 8.38 Å². The van der Waals surface area contributed by atoms with Crippen molar-refractivity contribution in [1.29, 1.82) is 0 Å². The second-order valence-corrected chi connectivity index (χ2v) is 2.68. The molecular weight excluding hydrogens is 135 g/mol. The van der Waals surface area contributed by atoms with Gasteiger partial charge in [-0.15, -0.1) is 0 Å². The van der Waals surface area contributed by atoms with Crippen LogP contribution in [0, 0.1) is 0 Å². The summed E-state index contributed by atoms with van der Waals surface area (Å²) in [5, 5.41) is 0. The van der Waals surface area contributed by atoms with Gasteiger partial charge in [-0.1, -0.05) is 20.8 Å². The first-order chi connectivity index (χ1) is 4.31. The molecule has 3 heteroatoms. The highest BCUT2D eigenvalue weighted by molar-refractivity contribution is 7.46.